The zero-order chi connectivity index (χ0) is 32.1. The molecule has 1 aromatic carbocycles. The quantitative estimate of drug-likeness (QED) is 0.194. The molecular formula is C29H43N6O8P. The number of benzene rings is 1. The van der Waals surface area contributed by atoms with Gasteiger partial charge in [-0.2, -0.15) is 0 Å². The van der Waals surface area contributed by atoms with E-state index in [-0.39, 0.29) is 18.3 Å². The lowest BCUT2D eigenvalue weighted by atomic mass is 10.0. The number of nitrogens with zero attached hydrogens (tertiary/aromatic N) is 4. The molecule has 6 N–H and O–H groups in total. The van der Waals surface area contributed by atoms with Crippen molar-refractivity contribution >= 4 is 31.2 Å². The first-order valence-corrected chi connectivity index (χ1v) is 16.7. The molecule has 0 saturated carbocycles. The van der Waals surface area contributed by atoms with E-state index in [0.717, 1.165) is 32.1 Å². The van der Waals surface area contributed by atoms with Gasteiger partial charge in [0.2, 0.25) is 5.91 Å². The number of hydrogen-bond acceptors (Lipinski definition) is 9. The van der Waals surface area contributed by atoms with Crippen molar-refractivity contribution in [2.75, 3.05) is 50.4 Å². The van der Waals surface area contributed by atoms with E-state index in [1.807, 2.05) is 42.2 Å². The Labute approximate surface area is 257 Å². The van der Waals surface area contributed by atoms with Crippen LogP contribution in [-0.2, 0) is 14.2 Å². The fourth-order valence-electron chi connectivity index (χ4n) is 5.00. The van der Waals surface area contributed by atoms with Gasteiger partial charge in [0.25, 0.3) is 5.91 Å². The normalized spacial score (nSPS) is 17.7. The first-order valence-electron chi connectivity index (χ1n) is 14.9. The van der Waals surface area contributed by atoms with Crippen LogP contribution in [-0.4, -0.2) is 110 Å². The molecule has 0 bridgehead atoms. The van der Waals surface area contributed by atoms with Crippen molar-refractivity contribution in [2.24, 2.45) is 0 Å². The smallest absolute Gasteiger partial charge is 0.328 e. The number of nitrogens with one attached hydrogen (secondary N) is 2. The summed E-state index contributed by atoms with van der Waals surface area (Å²) in [5.74, 6) is -1.21. The number of carboxylic acid groups (broad SMARTS) is 1. The van der Waals surface area contributed by atoms with Gasteiger partial charge in [-0.15, -0.1) is 0 Å². The van der Waals surface area contributed by atoms with Gasteiger partial charge in [0.05, 0.1) is 18.8 Å². The summed E-state index contributed by atoms with van der Waals surface area (Å²) in [6.45, 7) is 4.43. The topological polar surface area (TPSA) is 206 Å². The lowest BCUT2D eigenvalue weighted by molar-refractivity contribution is -0.137. The highest BCUT2D eigenvalue weighted by Crippen LogP contribution is 2.35. The van der Waals surface area contributed by atoms with Gasteiger partial charge >= 0.3 is 13.6 Å². The fourth-order valence-corrected chi connectivity index (χ4v) is 5.72. The van der Waals surface area contributed by atoms with Gasteiger partial charge < -0.3 is 40.4 Å². The average molecular weight is 635 g/mol. The Morgan fingerprint density at radius 3 is 2.39 bits per heavy atom. The van der Waals surface area contributed by atoms with Gasteiger partial charge in [0, 0.05) is 50.8 Å². The van der Waals surface area contributed by atoms with E-state index < -0.39 is 37.6 Å². The summed E-state index contributed by atoms with van der Waals surface area (Å²) in [5.41, 5.74) is 0.648. The number of rotatable bonds is 11. The van der Waals surface area contributed by atoms with Crippen molar-refractivity contribution < 1.29 is 38.9 Å². The molecule has 2 aromatic rings. The minimum Gasteiger partial charge on any atom is -0.481 e. The molecule has 2 aliphatic heterocycles. The number of unbranched alkanes of at least 4 members (excludes halogenated alkanes) is 1. The van der Waals surface area contributed by atoms with E-state index in [9.17, 15) is 33.8 Å². The van der Waals surface area contributed by atoms with Crippen LogP contribution < -0.4 is 15.5 Å². The van der Waals surface area contributed by atoms with E-state index in [0.29, 0.717) is 56.4 Å². The third-order valence-electron chi connectivity index (χ3n) is 7.31. The second-order valence-electron chi connectivity index (χ2n) is 10.8. The molecule has 44 heavy (non-hydrogen) atoms. The number of carbonyl (C=O) groups excluding carboxylic acids is 2. The molecule has 2 atom stereocenters. The fraction of sp³-hybridized carbons (Fsp3) is 0.552. The maximum Gasteiger partial charge on any atom is 0.328 e. The molecule has 2 amide bonds. The lowest BCUT2D eigenvalue weighted by Crippen LogP contribution is -2.55. The Bertz CT molecular complexity index is 1290. The second kappa shape index (κ2) is 17.2. The Hall–Kier alpha value is -3.42. The van der Waals surface area contributed by atoms with Crippen LogP contribution in [0.15, 0.2) is 36.4 Å². The lowest BCUT2D eigenvalue weighted by Gasteiger charge is -2.35. The first-order chi connectivity index (χ1) is 21.0. The molecular weight excluding hydrogens is 591 g/mol. The number of aromatic nitrogens is 2. The summed E-state index contributed by atoms with van der Waals surface area (Å²) in [6.07, 6.45) is 3.93. The van der Waals surface area contributed by atoms with E-state index >= 15 is 0 Å². The van der Waals surface area contributed by atoms with Crippen LogP contribution in [0.4, 0.5) is 5.82 Å². The first kappa shape index (κ1) is 35.1. The van der Waals surface area contributed by atoms with Gasteiger partial charge in [0.1, 0.15) is 17.6 Å². The van der Waals surface area contributed by atoms with Crippen molar-refractivity contribution in [2.45, 2.75) is 57.5 Å². The maximum atomic E-state index is 13.4. The number of carboxylic acids is 1. The Balaban J connectivity index is 0.000000676. The number of anilines is 1. The monoisotopic (exact) mass is 634 g/mol. The minimum atomic E-state index is -4.62. The van der Waals surface area contributed by atoms with E-state index in [1.54, 1.807) is 0 Å². The van der Waals surface area contributed by atoms with Crippen molar-refractivity contribution in [1.29, 1.82) is 0 Å². The number of hydrogen-bond donors (Lipinski definition) is 6. The molecule has 2 fully saturated rings. The summed E-state index contributed by atoms with van der Waals surface area (Å²) in [7, 11) is -4.62. The third kappa shape index (κ3) is 10.9. The van der Waals surface area contributed by atoms with Gasteiger partial charge in [-0.1, -0.05) is 43.7 Å². The highest BCUT2D eigenvalue weighted by Gasteiger charge is 2.34. The van der Waals surface area contributed by atoms with Gasteiger partial charge in [-0.05, 0) is 25.7 Å². The van der Waals surface area contributed by atoms with Crippen LogP contribution in [0, 0.1) is 0 Å². The van der Waals surface area contributed by atoms with Gasteiger partial charge in [0.15, 0.2) is 5.82 Å². The number of aliphatic carboxylic acids is 1. The van der Waals surface area contributed by atoms with Crippen LogP contribution in [0.3, 0.4) is 0 Å². The van der Waals surface area contributed by atoms with Crippen LogP contribution >= 0.6 is 7.60 Å². The molecule has 0 aliphatic carbocycles. The van der Waals surface area contributed by atoms with E-state index in [1.165, 1.54) is 11.0 Å². The summed E-state index contributed by atoms with van der Waals surface area (Å²) in [5, 5.41) is 23.6. The van der Waals surface area contributed by atoms with Crippen LogP contribution in [0.1, 0.15) is 55.9 Å². The largest absolute Gasteiger partial charge is 0.481 e. The van der Waals surface area contributed by atoms with Gasteiger partial charge in [-0.3, -0.25) is 18.9 Å². The molecule has 2 unspecified atom stereocenters. The van der Waals surface area contributed by atoms with Crippen molar-refractivity contribution in [3.63, 3.8) is 0 Å². The number of amides is 2. The predicted molar refractivity (Wildman–Crippen MR) is 164 cm³/mol. The zero-order valence-corrected chi connectivity index (χ0v) is 25.9. The second-order valence-corrected chi connectivity index (χ2v) is 12.5. The van der Waals surface area contributed by atoms with Crippen molar-refractivity contribution in [1.82, 2.24) is 25.5 Å². The molecule has 2 aliphatic rings. The minimum absolute atomic E-state index is 0.0325. The Morgan fingerprint density at radius 1 is 1.09 bits per heavy atom. The molecule has 3 heterocycles. The summed E-state index contributed by atoms with van der Waals surface area (Å²) in [4.78, 5) is 68.0. The Morgan fingerprint density at radius 2 is 1.80 bits per heavy atom. The standard InChI is InChI=1S/C24H33N6O6P.C5H10O2/c31-15-18-8-4-5-11-30(18)21-14-19(26-22(28-21)17-6-2-1-3-7-17)23(32)27-20(16-37(34,35)36)24(33)29-12-9-25-10-13-29;1-2-3-4-5(6)7/h1-3,6-7,14,18,20,25,31H,4-5,8-13,15-16H2,(H,27,32)(H2,34,35,36);2-4H2,1H3,(H,6,7). The third-order valence-corrected chi connectivity index (χ3v) is 8.15. The summed E-state index contributed by atoms with van der Waals surface area (Å²) >= 11 is 0. The number of piperidine rings is 1. The molecule has 0 radical (unpaired) electrons. The van der Waals surface area contributed by atoms with Crippen molar-refractivity contribution in [3.05, 3.63) is 42.1 Å². The molecule has 0 spiro atoms. The molecule has 242 valence electrons. The van der Waals surface area contributed by atoms with Crippen LogP contribution in [0.25, 0.3) is 11.4 Å². The number of piperazine rings is 1. The molecule has 2 saturated heterocycles. The highest BCUT2D eigenvalue weighted by atomic mass is 31.2. The Kier molecular flexibility index (Phi) is 13.7. The van der Waals surface area contributed by atoms with Crippen LogP contribution in [0.2, 0.25) is 0 Å². The average Bonchev–Trinajstić information content (AvgIpc) is 3.03. The maximum absolute atomic E-state index is 13.4. The van der Waals surface area contributed by atoms with Gasteiger partial charge in [-0.25, -0.2) is 9.97 Å². The number of carbonyl (C=O) groups is 3. The summed E-state index contributed by atoms with van der Waals surface area (Å²) < 4.78 is 11.8. The highest BCUT2D eigenvalue weighted by molar-refractivity contribution is 7.51. The zero-order valence-electron chi connectivity index (χ0n) is 25.0. The molecule has 15 heteroatoms. The molecule has 1 aromatic heterocycles. The number of aliphatic hydroxyl groups is 1. The number of aliphatic hydroxyl groups excluding tert-OH is 1. The predicted octanol–water partition coefficient (Wildman–Crippen LogP) is 1.46. The molecule has 14 nitrogen and oxygen atoms in total. The summed E-state index contributed by atoms with van der Waals surface area (Å²) in [6, 6.07) is 9.05. The van der Waals surface area contributed by atoms with E-state index in [4.69, 9.17) is 5.11 Å². The SMILES string of the molecule is CCCCC(=O)O.O=C(NC(CP(=O)(O)O)C(=O)N1CCNCC1)c1cc(N2CCCCC2CO)nc(-c2ccccc2)n1. The molecule has 4 rings (SSSR count). The van der Waals surface area contributed by atoms with Crippen LogP contribution in [0.5, 0.6) is 0 Å². The van der Waals surface area contributed by atoms with E-state index in [2.05, 4.69) is 20.6 Å². The van der Waals surface area contributed by atoms with Crippen molar-refractivity contribution in [3.8, 4) is 11.4 Å².